The van der Waals surface area contributed by atoms with E-state index in [9.17, 15) is 9.59 Å². The van der Waals surface area contributed by atoms with E-state index in [2.05, 4.69) is 5.32 Å². The van der Waals surface area contributed by atoms with Gasteiger partial charge in [0.1, 0.15) is 6.61 Å². The standard InChI is InChI=1S/C13H22N2O4/c1-9-6-15(7-11(9)13(17)18)12(16)8-19-10-2-4-14-5-3-10/h9-11,14H,2-8H2,1H3,(H,17,18). The largest absolute Gasteiger partial charge is 0.481 e. The van der Waals surface area contributed by atoms with E-state index < -0.39 is 11.9 Å². The summed E-state index contributed by atoms with van der Waals surface area (Å²) in [6.45, 7) is 4.64. The van der Waals surface area contributed by atoms with Crippen LogP contribution in [0.15, 0.2) is 0 Å². The van der Waals surface area contributed by atoms with E-state index in [1.165, 1.54) is 0 Å². The van der Waals surface area contributed by atoms with Crippen molar-refractivity contribution in [3.63, 3.8) is 0 Å². The Morgan fingerprint density at radius 1 is 1.32 bits per heavy atom. The van der Waals surface area contributed by atoms with Crippen LogP contribution >= 0.6 is 0 Å². The molecule has 2 heterocycles. The summed E-state index contributed by atoms with van der Waals surface area (Å²) in [6.07, 6.45) is 2.02. The average Bonchev–Trinajstić information content (AvgIpc) is 2.79. The first kappa shape index (κ1) is 14.3. The molecule has 6 nitrogen and oxygen atoms in total. The number of aliphatic carboxylic acids is 1. The van der Waals surface area contributed by atoms with Crippen LogP contribution in [0.1, 0.15) is 19.8 Å². The molecule has 0 bridgehead atoms. The van der Waals surface area contributed by atoms with Crippen molar-refractivity contribution in [2.45, 2.75) is 25.9 Å². The third kappa shape index (κ3) is 3.67. The second kappa shape index (κ2) is 6.34. The van der Waals surface area contributed by atoms with Gasteiger partial charge in [0, 0.05) is 13.1 Å². The van der Waals surface area contributed by atoms with Crippen LogP contribution in [0.2, 0.25) is 0 Å². The summed E-state index contributed by atoms with van der Waals surface area (Å²) >= 11 is 0. The van der Waals surface area contributed by atoms with E-state index in [0.29, 0.717) is 13.1 Å². The Bertz CT molecular complexity index is 342. The second-order valence-corrected chi connectivity index (χ2v) is 5.48. The molecule has 2 aliphatic heterocycles. The number of hydrogen-bond donors (Lipinski definition) is 2. The zero-order valence-corrected chi connectivity index (χ0v) is 11.3. The Balaban J connectivity index is 1.76. The van der Waals surface area contributed by atoms with Crippen LogP contribution < -0.4 is 5.32 Å². The van der Waals surface area contributed by atoms with Crippen LogP contribution in [0, 0.1) is 11.8 Å². The van der Waals surface area contributed by atoms with Crippen molar-refractivity contribution in [1.82, 2.24) is 10.2 Å². The summed E-state index contributed by atoms with van der Waals surface area (Å²) in [5.74, 6) is -1.33. The number of amides is 1. The molecule has 2 N–H and O–H groups in total. The van der Waals surface area contributed by atoms with E-state index in [1.54, 1.807) is 4.90 Å². The smallest absolute Gasteiger partial charge is 0.308 e. The fourth-order valence-corrected chi connectivity index (χ4v) is 2.73. The van der Waals surface area contributed by atoms with E-state index in [4.69, 9.17) is 9.84 Å². The molecule has 0 saturated carbocycles. The topological polar surface area (TPSA) is 78.9 Å². The van der Waals surface area contributed by atoms with E-state index in [1.807, 2.05) is 6.92 Å². The number of hydrogen-bond acceptors (Lipinski definition) is 4. The van der Waals surface area contributed by atoms with Crippen molar-refractivity contribution >= 4 is 11.9 Å². The highest BCUT2D eigenvalue weighted by Gasteiger charge is 2.36. The van der Waals surface area contributed by atoms with Gasteiger partial charge in [0.2, 0.25) is 5.91 Å². The molecule has 0 spiro atoms. The number of nitrogens with zero attached hydrogens (tertiary/aromatic N) is 1. The van der Waals surface area contributed by atoms with Gasteiger partial charge < -0.3 is 20.1 Å². The summed E-state index contributed by atoms with van der Waals surface area (Å²) in [5, 5.41) is 12.3. The zero-order valence-electron chi connectivity index (χ0n) is 11.3. The van der Waals surface area contributed by atoms with Crippen molar-refractivity contribution in [2.24, 2.45) is 11.8 Å². The van der Waals surface area contributed by atoms with Crippen molar-refractivity contribution in [2.75, 3.05) is 32.8 Å². The molecule has 2 rings (SSSR count). The van der Waals surface area contributed by atoms with Gasteiger partial charge in [-0.25, -0.2) is 0 Å². The highest BCUT2D eigenvalue weighted by molar-refractivity contribution is 5.79. The summed E-state index contributed by atoms with van der Waals surface area (Å²) in [4.78, 5) is 24.6. The summed E-state index contributed by atoms with van der Waals surface area (Å²) in [7, 11) is 0. The maximum Gasteiger partial charge on any atom is 0.308 e. The summed E-state index contributed by atoms with van der Waals surface area (Å²) in [6, 6.07) is 0. The minimum atomic E-state index is -0.818. The van der Waals surface area contributed by atoms with Crippen molar-refractivity contribution < 1.29 is 19.4 Å². The first-order chi connectivity index (χ1) is 9.08. The highest BCUT2D eigenvalue weighted by atomic mass is 16.5. The van der Waals surface area contributed by atoms with Gasteiger partial charge in [-0.1, -0.05) is 6.92 Å². The lowest BCUT2D eigenvalue weighted by molar-refractivity contribution is -0.142. The van der Waals surface area contributed by atoms with Gasteiger partial charge >= 0.3 is 5.97 Å². The quantitative estimate of drug-likeness (QED) is 0.748. The fraction of sp³-hybridized carbons (Fsp3) is 0.846. The molecule has 2 aliphatic rings. The Hall–Kier alpha value is -1.14. The van der Waals surface area contributed by atoms with E-state index >= 15 is 0 Å². The van der Waals surface area contributed by atoms with Gasteiger partial charge in [0.05, 0.1) is 12.0 Å². The predicted molar refractivity (Wildman–Crippen MR) is 68.7 cm³/mol. The third-order valence-electron chi connectivity index (χ3n) is 4.01. The number of ether oxygens (including phenoxy) is 1. The molecule has 6 heteroatoms. The molecule has 2 saturated heterocycles. The molecule has 0 radical (unpaired) electrons. The Morgan fingerprint density at radius 2 is 2.00 bits per heavy atom. The number of nitrogens with one attached hydrogen (secondary N) is 1. The highest BCUT2D eigenvalue weighted by Crippen LogP contribution is 2.23. The van der Waals surface area contributed by atoms with Gasteiger partial charge in [0.15, 0.2) is 0 Å². The summed E-state index contributed by atoms with van der Waals surface area (Å²) < 4.78 is 5.61. The van der Waals surface area contributed by atoms with Crippen LogP contribution in [0.4, 0.5) is 0 Å². The fourth-order valence-electron chi connectivity index (χ4n) is 2.73. The maximum absolute atomic E-state index is 12.0. The molecule has 19 heavy (non-hydrogen) atoms. The molecule has 2 unspecified atom stereocenters. The molecule has 1 amide bonds. The number of rotatable bonds is 4. The van der Waals surface area contributed by atoms with Gasteiger partial charge in [-0.2, -0.15) is 0 Å². The van der Waals surface area contributed by atoms with Crippen LogP contribution in [-0.4, -0.2) is 60.8 Å². The lowest BCUT2D eigenvalue weighted by atomic mass is 9.99. The molecule has 0 aromatic rings. The van der Waals surface area contributed by atoms with Crippen LogP contribution in [0.25, 0.3) is 0 Å². The number of likely N-dealkylation sites (tertiary alicyclic amines) is 1. The van der Waals surface area contributed by atoms with Crippen LogP contribution in [0.5, 0.6) is 0 Å². The molecular weight excluding hydrogens is 248 g/mol. The average molecular weight is 270 g/mol. The maximum atomic E-state index is 12.0. The Morgan fingerprint density at radius 3 is 2.58 bits per heavy atom. The predicted octanol–water partition coefficient (Wildman–Crippen LogP) is -0.0659. The lowest BCUT2D eigenvalue weighted by Crippen LogP contribution is -2.37. The van der Waals surface area contributed by atoms with Crippen LogP contribution in [0.3, 0.4) is 0 Å². The normalized spacial score (nSPS) is 28.6. The molecule has 0 aromatic heterocycles. The first-order valence-corrected chi connectivity index (χ1v) is 6.91. The number of carboxylic acids is 1. The third-order valence-corrected chi connectivity index (χ3v) is 4.01. The Kier molecular flexibility index (Phi) is 4.76. The zero-order chi connectivity index (χ0) is 13.8. The van der Waals surface area contributed by atoms with Gasteiger partial charge in [-0.15, -0.1) is 0 Å². The van der Waals surface area contributed by atoms with E-state index in [0.717, 1.165) is 25.9 Å². The van der Waals surface area contributed by atoms with Crippen LogP contribution in [-0.2, 0) is 14.3 Å². The number of piperidine rings is 1. The molecule has 0 aromatic carbocycles. The molecule has 108 valence electrons. The molecule has 2 atom stereocenters. The molecule has 2 fully saturated rings. The number of carboxylic acid groups (broad SMARTS) is 1. The minimum Gasteiger partial charge on any atom is -0.481 e. The SMILES string of the molecule is CC1CN(C(=O)COC2CCNCC2)CC1C(=O)O. The van der Waals surface area contributed by atoms with Gasteiger partial charge in [-0.05, 0) is 31.8 Å². The van der Waals surface area contributed by atoms with Gasteiger partial charge in [0.25, 0.3) is 0 Å². The number of carbonyl (C=O) groups is 2. The van der Waals surface area contributed by atoms with Crippen molar-refractivity contribution in [3.8, 4) is 0 Å². The lowest BCUT2D eigenvalue weighted by Gasteiger charge is -2.24. The molecular formula is C13H22N2O4. The molecule has 0 aliphatic carbocycles. The monoisotopic (exact) mass is 270 g/mol. The van der Waals surface area contributed by atoms with Crippen molar-refractivity contribution in [1.29, 1.82) is 0 Å². The van der Waals surface area contributed by atoms with Crippen molar-refractivity contribution in [3.05, 3.63) is 0 Å². The second-order valence-electron chi connectivity index (χ2n) is 5.48. The number of carbonyl (C=O) groups excluding carboxylic acids is 1. The van der Waals surface area contributed by atoms with E-state index in [-0.39, 0.29) is 24.5 Å². The summed E-state index contributed by atoms with van der Waals surface area (Å²) in [5.41, 5.74) is 0. The first-order valence-electron chi connectivity index (χ1n) is 6.91. The minimum absolute atomic E-state index is 0.0142. The Labute approximate surface area is 113 Å². The van der Waals surface area contributed by atoms with Gasteiger partial charge in [-0.3, -0.25) is 9.59 Å².